The Morgan fingerprint density at radius 1 is 1.17 bits per heavy atom. The first kappa shape index (κ1) is 14.0. The molecule has 0 N–H and O–H groups in total. The average molecular weight is 250 g/mol. The number of nitrogens with zero attached hydrogens (tertiary/aromatic N) is 2. The van der Waals surface area contributed by atoms with E-state index < -0.39 is 5.97 Å². The van der Waals surface area contributed by atoms with E-state index in [9.17, 15) is 9.59 Å². The lowest BCUT2D eigenvalue weighted by Crippen LogP contribution is -2.41. The summed E-state index contributed by atoms with van der Waals surface area (Å²) in [6.45, 7) is 0.329. The molecule has 5 nitrogen and oxygen atoms in total. The summed E-state index contributed by atoms with van der Waals surface area (Å²) in [5, 5.41) is 0. The van der Waals surface area contributed by atoms with Crippen LogP contribution >= 0.6 is 0 Å². The molecule has 0 aliphatic carbocycles. The third-order valence-electron chi connectivity index (χ3n) is 2.42. The van der Waals surface area contributed by atoms with E-state index in [0.717, 1.165) is 5.56 Å². The highest BCUT2D eigenvalue weighted by Crippen LogP contribution is 2.06. The second kappa shape index (κ2) is 6.64. The molecule has 0 aromatic heterocycles. The standard InChI is InChI=1S/C13H18N2O3/c1-14(2)13(17)15(10-12(16)18-3)9-11-7-5-4-6-8-11/h4-8H,9-10H2,1-3H3. The fourth-order valence-corrected chi connectivity index (χ4v) is 1.50. The largest absolute Gasteiger partial charge is 0.468 e. The molecule has 0 heterocycles. The number of ether oxygens (including phenoxy) is 1. The fraction of sp³-hybridized carbons (Fsp3) is 0.385. The summed E-state index contributed by atoms with van der Waals surface area (Å²) in [7, 11) is 4.61. The number of benzene rings is 1. The van der Waals surface area contributed by atoms with Crippen LogP contribution in [0.25, 0.3) is 0 Å². The van der Waals surface area contributed by atoms with Crippen molar-refractivity contribution in [3.05, 3.63) is 35.9 Å². The number of urea groups is 1. The number of esters is 1. The second-order valence-corrected chi connectivity index (χ2v) is 4.09. The second-order valence-electron chi connectivity index (χ2n) is 4.09. The first-order chi connectivity index (χ1) is 8.54. The Labute approximate surface area is 107 Å². The van der Waals surface area contributed by atoms with Gasteiger partial charge in [-0.15, -0.1) is 0 Å². The van der Waals surface area contributed by atoms with Crippen molar-refractivity contribution < 1.29 is 14.3 Å². The lowest BCUT2D eigenvalue weighted by atomic mass is 10.2. The van der Waals surface area contributed by atoms with Gasteiger partial charge in [-0.05, 0) is 5.56 Å². The molecule has 2 amide bonds. The van der Waals surface area contributed by atoms with Crippen molar-refractivity contribution in [1.29, 1.82) is 0 Å². The summed E-state index contributed by atoms with van der Waals surface area (Å²) >= 11 is 0. The highest BCUT2D eigenvalue weighted by Gasteiger charge is 2.19. The highest BCUT2D eigenvalue weighted by molar-refractivity contribution is 5.80. The van der Waals surface area contributed by atoms with E-state index in [1.165, 1.54) is 16.9 Å². The molecule has 18 heavy (non-hydrogen) atoms. The maximum atomic E-state index is 11.9. The first-order valence-corrected chi connectivity index (χ1v) is 5.61. The molecule has 1 aromatic carbocycles. The van der Waals surface area contributed by atoms with Crippen LogP contribution < -0.4 is 0 Å². The van der Waals surface area contributed by atoms with Gasteiger partial charge < -0.3 is 14.5 Å². The Balaban J connectivity index is 2.77. The zero-order chi connectivity index (χ0) is 13.5. The van der Waals surface area contributed by atoms with Crippen LogP contribution in [-0.4, -0.2) is 49.6 Å². The molecular weight excluding hydrogens is 232 g/mol. The smallest absolute Gasteiger partial charge is 0.325 e. The van der Waals surface area contributed by atoms with E-state index in [4.69, 9.17) is 0 Å². The number of hydrogen-bond acceptors (Lipinski definition) is 3. The van der Waals surface area contributed by atoms with Gasteiger partial charge >= 0.3 is 12.0 Å². The summed E-state index contributed by atoms with van der Waals surface area (Å²) in [6.07, 6.45) is 0. The Hall–Kier alpha value is -2.04. The van der Waals surface area contributed by atoms with Crippen molar-refractivity contribution in [3.63, 3.8) is 0 Å². The molecule has 5 heteroatoms. The monoisotopic (exact) mass is 250 g/mol. The molecule has 0 spiro atoms. The summed E-state index contributed by atoms with van der Waals surface area (Å²) in [6, 6.07) is 9.30. The van der Waals surface area contributed by atoms with Gasteiger partial charge in [0.15, 0.2) is 0 Å². The normalized spacial score (nSPS) is 9.72. The molecule has 0 aliphatic rings. The van der Waals surface area contributed by atoms with E-state index in [0.29, 0.717) is 6.54 Å². The number of methoxy groups -OCH3 is 1. The minimum atomic E-state index is -0.430. The van der Waals surface area contributed by atoms with E-state index in [1.807, 2.05) is 30.3 Å². The molecule has 0 unspecified atom stereocenters. The van der Waals surface area contributed by atoms with Crippen LogP contribution in [0.2, 0.25) is 0 Å². The van der Waals surface area contributed by atoms with Crippen LogP contribution in [0.5, 0.6) is 0 Å². The average Bonchev–Trinajstić information content (AvgIpc) is 2.38. The summed E-state index contributed by atoms with van der Waals surface area (Å²) in [4.78, 5) is 26.1. The molecule has 0 fully saturated rings. The number of amides is 2. The van der Waals surface area contributed by atoms with Crippen LogP contribution in [0.3, 0.4) is 0 Å². The van der Waals surface area contributed by atoms with Crippen LogP contribution in [0.15, 0.2) is 30.3 Å². The number of carbonyl (C=O) groups is 2. The Morgan fingerprint density at radius 3 is 2.28 bits per heavy atom. The predicted octanol–water partition coefficient (Wildman–Crippen LogP) is 1.34. The van der Waals surface area contributed by atoms with E-state index in [-0.39, 0.29) is 12.6 Å². The van der Waals surface area contributed by atoms with Crippen molar-refractivity contribution in [1.82, 2.24) is 9.80 Å². The molecule has 1 aromatic rings. The molecular formula is C13H18N2O3. The lowest BCUT2D eigenvalue weighted by molar-refractivity contribution is -0.141. The van der Waals surface area contributed by atoms with Gasteiger partial charge in [0.25, 0.3) is 0 Å². The molecule has 0 aliphatic heterocycles. The van der Waals surface area contributed by atoms with Gasteiger partial charge in [0.05, 0.1) is 7.11 Å². The van der Waals surface area contributed by atoms with Gasteiger partial charge in [-0.25, -0.2) is 4.79 Å². The topological polar surface area (TPSA) is 49.9 Å². The van der Waals surface area contributed by atoms with E-state index >= 15 is 0 Å². The van der Waals surface area contributed by atoms with E-state index in [2.05, 4.69) is 4.74 Å². The molecule has 0 saturated heterocycles. The maximum Gasteiger partial charge on any atom is 0.325 e. The van der Waals surface area contributed by atoms with Crippen LogP contribution in [0.4, 0.5) is 4.79 Å². The Kier molecular flexibility index (Phi) is 5.17. The van der Waals surface area contributed by atoms with Gasteiger partial charge in [0.1, 0.15) is 6.54 Å². The van der Waals surface area contributed by atoms with Gasteiger partial charge in [0.2, 0.25) is 0 Å². The molecule has 0 radical (unpaired) electrons. The molecule has 0 atom stereocenters. The van der Waals surface area contributed by atoms with E-state index in [1.54, 1.807) is 14.1 Å². The fourth-order valence-electron chi connectivity index (χ4n) is 1.50. The molecule has 0 bridgehead atoms. The van der Waals surface area contributed by atoms with Crippen molar-refractivity contribution in [2.45, 2.75) is 6.54 Å². The minimum absolute atomic E-state index is 0.0532. The van der Waals surface area contributed by atoms with Crippen molar-refractivity contribution in [2.75, 3.05) is 27.7 Å². The minimum Gasteiger partial charge on any atom is -0.468 e. The van der Waals surface area contributed by atoms with Crippen LogP contribution in [0.1, 0.15) is 5.56 Å². The Morgan fingerprint density at radius 2 is 1.78 bits per heavy atom. The molecule has 98 valence electrons. The zero-order valence-corrected chi connectivity index (χ0v) is 10.9. The number of hydrogen-bond donors (Lipinski definition) is 0. The third kappa shape index (κ3) is 4.08. The Bertz CT molecular complexity index is 404. The first-order valence-electron chi connectivity index (χ1n) is 5.61. The van der Waals surface area contributed by atoms with Gasteiger partial charge in [-0.2, -0.15) is 0 Å². The van der Waals surface area contributed by atoms with Crippen molar-refractivity contribution >= 4 is 12.0 Å². The number of rotatable bonds is 4. The van der Waals surface area contributed by atoms with Crippen LogP contribution in [-0.2, 0) is 16.1 Å². The SMILES string of the molecule is COC(=O)CN(Cc1ccccc1)C(=O)N(C)C. The highest BCUT2D eigenvalue weighted by atomic mass is 16.5. The van der Waals surface area contributed by atoms with Gasteiger partial charge in [0, 0.05) is 20.6 Å². The zero-order valence-electron chi connectivity index (χ0n) is 10.9. The van der Waals surface area contributed by atoms with Crippen LogP contribution in [0, 0.1) is 0 Å². The number of carbonyl (C=O) groups excluding carboxylic acids is 2. The maximum absolute atomic E-state index is 11.9. The van der Waals surface area contributed by atoms with Crippen molar-refractivity contribution in [3.8, 4) is 0 Å². The lowest BCUT2D eigenvalue weighted by Gasteiger charge is -2.25. The van der Waals surface area contributed by atoms with Crippen molar-refractivity contribution in [2.24, 2.45) is 0 Å². The molecule has 1 rings (SSSR count). The van der Waals surface area contributed by atoms with Gasteiger partial charge in [-0.3, -0.25) is 4.79 Å². The summed E-state index contributed by atoms with van der Waals surface area (Å²) in [5.41, 5.74) is 0.969. The van der Waals surface area contributed by atoms with Gasteiger partial charge in [-0.1, -0.05) is 30.3 Å². The third-order valence-corrected chi connectivity index (χ3v) is 2.42. The summed E-state index contributed by atoms with van der Waals surface area (Å²) < 4.78 is 4.60. The predicted molar refractivity (Wildman–Crippen MR) is 68.0 cm³/mol. The summed E-state index contributed by atoms with van der Waals surface area (Å²) in [5.74, 6) is -0.430. The molecule has 0 saturated carbocycles. The quantitative estimate of drug-likeness (QED) is 0.758.